The summed E-state index contributed by atoms with van der Waals surface area (Å²) in [6, 6.07) is 0. The van der Waals surface area contributed by atoms with Crippen molar-refractivity contribution < 1.29 is 18.3 Å². The van der Waals surface area contributed by atoms with Gasteiger partial charge in [-0.15, -0.1) is 0 Å². The van der Waals surface area contributed by atoms with E-state index >= 15 is 0 Å². The lowest BCUT2D eigenvalue weighted by molar-refractivity contribution is -0.217. The molecule has 0 amide bonds. The van der Waals surface area contributed by atoms with Gasteiger partial charge < -0.3 is 18.3 Å². The molecule has 0 spiro atoms. The Hall–Kier alpha value is -0.506. The molecule has 3 saturated carbocycles. The van der Waals surface area contributed by atoms with Gasteiger partial charge >= 0.3 is 0 Å². The van der Waals surface area contributed by atoms with E-state index in [9.17, 15) is 0 Å². The number of fused-ring (bicyclic) bond motifs is 1. The van der Waals surface area contributed by atoms with Gasteiger partial charge in [-0.2, -0.15) is 0 Å². The SMILES string of the molecule is C=C1/C(=C\C=C2/CCC[C@]3(C)[C@@H]([C@H](C)CCCC(C)(C)O[C@@H]4CCCCO4)CC[C@@H]23)C[C@@H](O[Si](C)(C)C(C)(C)C)C[C@@H]1O[Si](C)(C)C(C)(C)C. The highest BCUT2D eigenvalue weighted by atomic mass is 28.4. The van der Waals surface area contributed by atoms with Crippen LogP contribution in [0.2, 0.25) is 36.3 Å². The van der Waals surface area contributed by atoms with Gasteiger partial charge in [0.2, 0.25) is 0 Å². The normalized spacial score (nSPS) is 32.8. The zero-order chi connectivity index (χ0) is 37.3. The van der Waals surface area contributed by atoms with Crippen molar-refractivity contribution in [3.8, 4) is 0 Å². The van der Waals surface area contributed by atoms with E-state index in [0.717, 1.165) is 44.1 Å². The van der Waals surface area contributed by atoms with Crippen LogP contribution in [0.1, 0.15) is 153 Å². The molecule has 4 aliphatic rings. The zero-order valence-corrected chi connectivity index (χ0v) is 37.4. The Labute approximate surface area is 312 Å². The minimum atomic E-state index is -1.98. The molecule has 1 saturated heterocycles. The molecular formula is C44H80O4Si2. The average Bonchev–Trinajstić information content (AvgIpc) is 3.34. The lowest BCUT2D eigenvalue weighted by Gasteiger charge is -2.46. The summed E-state index contributed by atoms with van der Waals surface area (Å²) in [5.74, 6) is 2.23. The Morgan fingerprint density at radius 2 is 1.56 bits per heavy atom. The lowest BCUT2D eigenvalue weighted by Crippen LogP contribution is -2.49. The molecule has 1 aliphatic heterocycles. The third-order valence-electron chi connectivity index (χ3n) is 14.5. The number of hydrogen-bond donors (Lipinski definition) is 0. The van der Waals surface area contributed by atoms with E-state index in [-0.39, 0.29) is 34.2 Å². The molecule has 7 atom stereocenters. The summed E-state index contributed by atoms with van der Waals surface area (Å²) >= 11 is 0. The third-order valence-corrected chi connectivity index (χ3v) is 23.5. The molecule has 3 aliphatic carbocycles. The van der Waals surface area contributed by atoms with Crippen molar-refractivity contribution in [2.75, 3.05) is 6.61 Å². The van der Waals surface area contributed by atoms with Crippen LogP contribution in [0.4, 0.5) is 0 Å². The van der Waals surface area contributed by atoms with Crippen LogP contribution in [0.25, 0.3) is 0 Å². The van der Waals surface area contributed by atoms with Crippen molar-refractivity contribution in [3.05, 3.63) is 35.5 Å². The first-order valence-electron chi connectivity index (χ1n) is 20.7. The van der Waals surface area contributed by atoms with Crippen LogP contribution in [0.15, 0.2) is 35.5 Å². The number of ether oxygens (including phenoxy) is 2. The van der Waals surface area contributed by atoms with Gasteiger partial charge in [0.05, 0.1) is 17.8 Å². The fourth-order valence-electron chi connectivity index (χ4n) is 9.25. The van der Waals surface area contributed by atoms with Crippen LogP contribution in [-0.4, -0.2) is 47.3 Å². The Kier molecular flexibility index (Phi) is 13.6. The maximum Gasteiger partial charge on any atom is 0.192 e. The maximum atomic E-state index is 7.12. The van der Waals surface area contributed by atoms with Crippen molar-refractivity contribution in [2.45, 2.75) is 213 Å². The van der Waals surface area contributed by atoms with Gasteiger partial charge in [0.25, 0.3) is 0 Å². The maximum absolute atomic E-state index is 7.12. The van der Waals surface area contributed by atoms with Crippen LogP contribution in [0.5, 0.6) is 0 Å². The highest BCUT2D eigenvalue weighted by molar-refractivity contribution is 6.74. The Morgan fingerprint density at radius 1 is 0.900 bits per heavy atom. The fraction of sp³-hybridized carbons (Fsp3) is 0.864. The summed E-state index contributed by atoms with van der Waals surface area (Å²) < 4.78 is 26.6. The summed E-state index contributed by atoms with van der Waals surface area (Å²) in [6.07, 6.45) is 20.7. The third kappa shape index (κ3) is 10.2. The standard InChI is InChI=1S/C44H80O4Si2/c1-32(20-18-27-43(9,10)46-40-22-16-17-29-45-40)37-25-26-38-34(21-19-28-44(37,38)11)23-24-35-30-36(47-49(12,13)41(3,4)5)31-39(33(35)2)48-50(14,15)42(6,7)8/h23-24,32,36-40H,2,16-22,25-31H2,1,3-15H3/b34-23+,35-24-/t32-,36-,37-,38+,39+,40-,44-/m1/s1. The van der Waals surface area contributed by atoms with Crippen LogP contribution in [-0.2, 0) is 18.3 Å². The molecule has 4 fully saturated rings. The highest BCUT2D eigenvalue weighted by Crippen LogP contribution is 2.60. The van der Waals surface area contributed by atoms with E-state index in [0.29, 0.717) is 11.3 Å². The summed E-state index contributed by atoms with van der Waals surface area (Å²) in [6.45, 7) is 38.9. The van der Waals surface area contributed by atoms with Gasteiger partial charge in [0, 0.05) is 13.0 Å². The summed E-state index contributed by atoms with van der Waals surface area (Å²) in [5, 5.41) is 0.336. The summed E-state index contributed by atoms with van der Waals surface area (Å²) in [7, 11) is -3.91. The monoisotopic (exact) mass is 729 g/mol. The Bertz CT molecular complexity index is 1210. The van der Waals surface area contributed by atoms with Crippen LogP contribution in [0.3, 0.4) is 0 Å². The van der Waals surface area contributed by atoms with E-state index < -0.39 is 16.6 Å². The minimum absolute atomic E-state index is 0.00920. The molecule has 6 heteroatoms. The van der Waals surface area contributed by atoms with Crippen LogP contribution < -0.4 is 0 Å². The van der Waals surface area contributed by atoms with Crippen molar-refractivity contribution >= 4 is 16.6 Å². The van der Waals surface area contributed by atoms with Crippen LogP contribution >= 0.6 is 0 Å². The van der Waals surface area contributed by atoms with E-state index in [1.165, 1.54) is 68.9 Å². The van der Waals surface area contributed by atoms with E-state index in [2.05, 4.69) is 108 Å². The highest BCUT2D eigenvalue weighted by Gasteiger charge is 2.51. The number of allylic oxidation sites excluding steroid dienone is 3. The van der Waals surface area contributed by atoms with E-state index in [4.69, 9.17) is 24.9 Å². The number of rotatable bonds is 12. The lowest BCUT2D eigenvalue weighted by atomic mass is 9.60. The molecule has 50 heavy (non-hydrogen) atoms. The van der Waals surface area contributed by atoms with Crippen molar-refractivity contribution in [2.24, 2.45) is 23.2 Å². The van der Waals surface area contributed by atoms with Gasteiger partial charge in [-0.1, -0.05) is 92.5 Å². The molecule has 0 aromatic carbocycles. The summed E-state index contributed by atoms with van der Waals surface area (Å²) in [4.78, 5) is 0. The molecule has 0 radical (unpaired) electrons. The van der Waals surface area contributed by atoms with E-state index in [1.54, 1.807) is 5.57 Å². The van der Waals surface area contributed by atoms with Crippen molar-refractivity contribution in [1.29, 1.82) is 0 Å². The predicted octanol–water partition coefficient (Wildman–Crippen LogP) is 13.3. The number of hydrogen-bond acceptors (Lipinski definition) is 4. The quantitative estimate of drug-likeness (QED) is 0.188. The van der Waals surface area contributed by atoms with Crippen molar-refractivity contribution in [3.63, 3.8) is 0 Å². The van der Waals surface area contributed by atoms with Gasteiger partial charge in [-0.25, -0.2) is 0 Å². The first kappa shape index (κ1) is 42.2. The first-order chi connectivity index (χ1) is 23.0. The van der Waals surface area contributed by atoms with E-state index in [1.807, 2.05) is 0 Å². The van der Waals surface area contributed by atoms with Gasteiger partial charge in [0.15, 0.2) is 22.9 Å². The molecule has 0 bridgehead atoms. The second-order valence-corrected chi connectivity index (χ2v) is 30.4. The predicted molar refractivity (Wildman–Crippen MR) is 219 cm³/mol. The molecule has 1 heterocycles. The topological polar surface area (TPSA) is 36.9 Å². The smallest absolute Gasteiger partial charge is 0.192 e. The molecule has 0 N–H and O–H groups in total. The molecule has 4 rings (SSSR count). The molecule has 0 aromatic rings. The molecule has 0 aromatic heterocycles. The second-order valence-electron chi connectivity index (χ2n) is 20.9. The van der Waals surface area contributed by atoms with Crippen LogP contribution in [0, 0.1) is 23.2 Å². The first-order valence-corrected chi connectivity index (χ1v) is 26.5. The molecule has 0 unspecified atom stereocenters. The minimum Gasteiger partial charge on any atom is -0.413 e. The fourth-order valence-corrected chi connectivity index (χ4v) is 11.9. The van der Waals surface area contributed by atoms with Crippen molar-refractivity contribution in [1.82, 2.24) is 0 Å². The molecule has 288 valence electrons. The summed E-state index contributed by atoms with van der Waals surface area (Å²) in [5.41, 5.74) is 4.51. The average molecular weight is 729 g/mol. The Balaban J connectivity index is 1.47. The largest absolute Gasteiger partial charge is 0.413 e. The Morgan fingerprint density at radius 3 is 2.18 bits per heavy atom. The van der Waals surface area contributed by atoms with Gasteiger partial charge in [-0.3, -0.25) is 0 Å². The van der Waals surface area contributed by atoms with Gasteiger partial charge in [0.1, 0.15) is 0 Å². The molecular weight excluding hydrogens is 649 g/mol. The zero-order valence-electron chi connectivity index (χ0n) is 35.4. The van der Waals surface area contributed by atoms with Gasteiger partial charge in [-0.05, 0) is 149 Å². The molecule has 4 nitrogen and oxygen atoms in total. The second kappa shape index (κ2) is 16.1.